The van der Waals surface area contributed by atoms with Crippen LogP contribution < -0.4 is 0 Å². The molecule has 0 unspecified atom stereocenters. The van der Waals surface area contributed by atoms with E-state index >= 15 is 0 Å². The summed E-state index contributed by atoms with van der Waals surface area (Å²) in [6.07, 6.45) is 0. The van der Waals surface area contributed by atoms with Gasteiger partial charge in [-0.05, 0) is 45.5 Å². The van der Waals surface area contributed by atoms with Crippen molar-refractivity contribution in [1.29, 1.82) is 0 Å². The summed E-state index contributed by atoms with van der Waals surface area (Å²) >= 11 is 0. The summed E-state index contributed by atoms with van der Waals surface area (Å²) in [6.45, 7) is 2.14. The molecule has 0 saturated heterocycles. The molecule has 0 aliphatic rings. The molecule has 0 heterocycles. The van der Waals surface area contributed by atoms with Crippen LogP contribution in [0.25, 0.3) is 43.1 Å². The molecule has 0 aliphatic carbocycles. The maximum Gasteiger partial charge on any atom is 0.131 e. The first-order chi connectivity index (χ1) is 10.8. The Bertz CT molecular complexity index is 1180. The van der Waals surface area contributed by atoms with Gasteiger partial charge in [-0.25, -0.2) is 0 Å². The van der Waals surface area contributed by atoms with Gasteiger partial charge in [0.2, 0.25) is 0 Å². The highest BCUT2D eigenvalue weighted by Crippen LogP contribution is 2.44. The second kappa shape index (κ2) is 3.89. The van der Waals surface area contributed by atoms with Crippen LogP contribution in [-0.2, 0) is 0 Å². The minimum Gasteiger partial charge on any atom is -0.507 e. The van der Waals surface area contributed by atoms with Crippen molar-refractivity contribution in [2.24, 2.45) is 0 Å². The van der Waals surface area contributed by atoms with Crippen molar-refractivity contribution < 1.29 is 5.11 Å². The van der Waals surface area contributed by atoms with E-state index in [1.54, 1.807) is 0 Å². The van der Waals surface area contributed by atoms with Crippen LogP contribution in [0.15, 0.2) is 60.7 Å². The Morgan fingerprint density at radius 1 is 0.591 bits per heavy atom. The van der Waals surface area contributed by atoms with Crippen molar-refractivity contribution in [1.82, 2.24) is 0 Å². The third-order valence-corrected chi connectivity index (χ3v) is 4.86. The maximum absolute atomic E-state index is 10.8. The minimum absolute atomic E-state index is 0.388. The fourth-order valence-corrected chi connectivity index (χ4v) is 3.79. The van der Waals surface area contributed by atoms with Crippen LogP contribution in [0, 0.1) is 6.92 Å². The second-order valence-electron chi connectivity index (χ2n) is 6.02. The summed E-state index contributed by atoms with van der Waals surface area (Å²) in [5.41, 5.74) is 1.27. The van der Waals surface area contributed by atoms with E-state index in [0.29, 0.717) is 5.75 Å². The predicted molar refractivity (Wildman–Crippen MR) is 94.1 cm³/mol. The number of hydrogen-bond acceptors (Lipinski definition) is 1. The normalized spacial score (nSPS) is 12.0. The Kier molecular flexibility index (Phi) is 2.09. The van der Waals surface area contributed by atoms with Crippen LogP contribution in [0.2, 0.25) is 0 Å². The Balaban J connectivity index is 2.24. The van der Waals surface area contributed by atoms with Crippen LogP contribution in [0.3, 0.4) is 0 Å². The summed E-state index contributed by atoms with van der Waals surface area (Å²) in [6, 6.07) is 21.0. The molecule has 22 heavy (non-hydrogen) atoms. The molecule has 0 aromatic heterocycles. The molecule has 0 radical (unpaired) electrons. The van der Waals surface area contributed by atoms with Gasteiger partial charge in [0, 0.05) is 16.2 Å². The molecule has 0 fully saturated rings. The topological polar surface area (TPSA) is 20.2 Å². The Labute approximate surface area is 127 Å². The zero-order chi connectivity index (χ0) is 14.8. The largest absolute Gasteiger partial charge is 0.507 e. The number of aryl methyl sites for hydroxylation is 1. The molecule has 1 nitrogen and oxygen atoms in total. The first kappa shape index (κ1) is 11.8. The first-order valence-corrected chi connectivity index (χ1v) is 7.53. The molecule has 0 bridgehead atoms. The van der Waals surface area contributed by atoms with Gasteiger partial charge in [-0.3, -0.25) is 0 Å². The standard InChI is InChI=1S/C21H14O/c1-12-6-7-13-8-9-18-20-16(11-10-14(12)19(13)20)15-4-2-3-5-17(15)21(18)22/h2-11,22H,1H3. The molecule has 0 amide bonds. The summed E-state index contributed by atoms with van der Waals surface area (Å²) in [7, 11) is 0. The number of hydrogen-bond donors (Lipinski definition) is 1. The molecule has 1 N–H and O–H groups in total. The highest BCUT2D eigenvalue weighted by atomic mass is 16.3. The van der Waals surface area contributed by atoms with Gasteiger partial charge in [0.25, 0.3) is 0 Å². The van der Waals surface area contributed by atoms with Crippen molar-refractivity contribution in [2.75, 3.05) is 0 Å². The lowest BCUT2D eigenvalue weighted by Crippen LogP contribution is -1.88. The summed E-state index contributed by atoms with van der Waals surface area (Å²) in [4.78, 5) is 0. The lowest BCUT2D eigenvalue weighted by molar-refractivity contribution is 0.488. The molecule has 0 saturated carbocycles. The zero-order valence-electron chi connectivity index (χ0n) is 12.2. The minimum atomic E-state index is 0.388. The number of rotatable bonds is 0. The van der Waals surface area contributed by atoms with E-state index < -0.39 is 0 Å². The SMILES string of the molecule is Cc1ccc2ccc3c(O)c4ccccc4c4ccc1c2c34. The van der Waals surface area contributed by atoms with Crippen molar-refractivity contribution in [2.45, 2.75) is 6.92 Å². The molecule has 0 spiro atoms. The van der Waals surface area contributed by atoms with E-state index in [1.165, 1.54) is 32.5 Å². The average molecular weight is 282 g/mol. The van der Waals surface area contributed by atoms with E-state index in [2.05, 4.69) is 43.3 Å². The molecule has 5 aromatic carbocycles. The summed E-state index contributed by atoms with van der Waals surface area (Å²) in [5.74, 6) is 0.388. The molecule has 5 rings (SSSR count). The number of phenolic OH excluding ortho intramolecular Hbond substituents is 1. The Morgan fingerprint density at radius 3 is 2.14 bits per heavy atom. The number of benzene rings is 5. The molecule has 0 atom stereocenters. The number of aromatic hydroxyl groups is 1. The fraction of sp³-hybridized carbons (Fsp3) is 0.0476. The van der Waals surface area contributed by atoms with Crippen molar-refractivity contribution in [3.8, 4) is 5.75 Å². The molecule has 0 aliphatic heterocycles. The van der Waals surface area contributed by atoms with Crippen LogP contribution >= 0.6 is 0 Å². The maximum atomic E-state index is 10.8. The molecular formula is C21H14O. The average Bonchev–Trinajstić information content (AvgIpc) is 2.57. The second-order valence-corrected chi connectivity index (χ2v) is 6.02. The van der Waals surface area contributed by atoms with Gasteiger partial charge in [-0.2, -0.15) is 0 Å². The first-order valence-electron chi connectivity index (χ1n) is 7.53. The molecule has 5 aromatic rings. The molecule has 1 heteroatoms. The van der Waals surface area contributed by atoms with Gasteiger partial charge in [-0.15, -0.1) is 0 Å². The van der Waals surface area contributed by atoms with Crippen LogP contribution in [0.1, 0.15) is 5.56 Å². The Hall–Kier alpha value is -2.80. The van der Waals surface area contributed by atoms with Gasteiger partial charge in [0.15, 0.2) is 0 Å². The van der Waals surface area contributed by atoms with Crippen LogP contribution in [0.4, 0.5) is 0 Å². The highest BCUT2D eigenvalue weighted by Gasteiger charge is 2.15. The Morgan fingerprint density at radius 2 is 1.27 bits per heavy atom. The predicted octanol–water partition coefficient (Wildman–Crippen LogP) is 5.75. The van der Waals surface area contributed by atoms with Crippen LogP contribution in [-0.4, -0.2) is 5.11 Å². The lowest BCUT2D eigenvalue weighted by atomic mass is 9.89. The van der Waals surface area contributed by atoms with Crippen LogP contribution in [0.5, 0.6) is 5.75 Å². The third-order valence-electron chi connectivity index (χ3n) is 4.86. The van der Waals surface area contributed by atoms with Gasteiger partial charge >= 0.3 is 0 Å². The smallest absolute Gasteiger partial charge is 0.131 e. The zero-order valence-corrected chi connectivity index (χ0v) is 12.2. The summed E-state index contributed by atoms with van der Waals surface area (Å²) in [5, 5.41) is 19.9. The van der Waals surface area contributed by atoms with Crippen molar-refractivity contribution in [3.63, 3.8) is 0 Å². The summed E-state index contributed by atoms with van der Waals surface area (Å²) < 4.78 is 0. The quantitative estimate of drug-likeness (QED) is 0.283. The van der Waals surface area contributed by atoms with Gasteiger partial charge in [-0.1, -0.05) is 54.6 Å². The number of phenols is 1. The monoisotopic (exact) mass is 282 g/mol. The number of fused-ring (bicyclic) bond motifs is 2. The van der Waals surface area contributed by atoms with E-state index in [-0.39, 0.29) is 0 Å². The van der Waals surface area contributed by atoms with E-state index in [4.69, 9.17) is 0 Å². The third kappa shape index (κ3) is 1.29. The van der Waals surface area contributed by atoms with E-state index in [9.17, 15) is 5.11 Å². The fourth-order valence-electron chi connectivity index (χ4n) is 3.79. The van der Waals surface area contributed by atoms with Crippen molar-refractivity contribution in [3.05, 3.63) is 66.2 Å². The van der Waals surface area contributed by atoms with Gasteiger partial charge in [0.05, 0.1) is 0 Å². The van der Waals surface area contributed by atoms with Crippen molar-refractivity contribution >= 4 is 43.1 Å². The van der Waals surface area contributed by atoms with E-state index in [0.717, 1.165) is 16.2 Å². The van der Waals surface area contributed by atoms with Gasteiger partial charge < -0.3 is 5.11 Å². The molecular weight excluding hydrogens is 268 g/mol. The molecule has 104 valence electrons. The van der Waals surface area contributed by atoms with Gasteiger partial charge in [0.1, 0.15) is 5.75 Å². The van der Waals surface area contributed by atoms with E-state index in [1.807, 2.05) is 24.3 Å². The highest BCUT2D eigenvalue weighted by molar-refractivity contribution is 6.31. The lowest BCUT2D eigenvalue weighted by Gasteiger charge is -2.15.